The molecule has 3 aliphatic heterocycles. The fourth-order valence-corrected chi connectivity index (χ4v) is 6.24. The Morgan fingerprint density at radius 3 is 2.81 bits per heavy atom. The molecular weight excluding hydrogens is 525 g/mol. The van der Waals surface area contributed by atoms with Gasteiger partial charge in [0.25, 0.3) is 0 Å². The monoisotopic (exact) mass is 561 g/mol. The fourth-order valence-electron chi connectivity index (χ4n) is 4.76. The van der Waals surface area contributed by atoms with E-state index in [1.54, 1.807) is 7.11 Å². The summed E-state index contributed by atoms with van der Waals surface area (Å²) >= 11 is 2.07. The Labute approximate surface area is 207 Å². The number of halogens is 1. The maximum absolute atomic E-state index is 5.58. The average molecular weight is 562 g/mol. The molecule has 7 nitrogen and oxygen atoms in total. The molecule has 3 aliphatic rings. The zero-order valence-electron chi connectivity index (χ0n) is 18.6. The van der Waals surface area contributed by atoms with E-state index in [1.807, 2.05) is 19.2 Å². The van der Waals surface area contributed by atoms with Crippen LogP contribution in [0, 0.1) is 0 Å². The van der Waals surface area contributed by atoms with Crippen molar-refractivity contribution in [2.45, 2.75) is 24.4 Å². The Morgan fingerprint density at radius 1 is 1.29 bits per heavy atom. The Hall–Kier alpha value is -0.910. The number of para-hydroxylation sites is 2. The summed E-state index contributed by atoms with van der Waals surface area (Å²) in [5.74, 6) is 4.27. The van der Waals surface area contributed by atoms with Gasteiger partial charge in [-0.25, -0.2) is 0 Å². The number of hydrogen-bond donors (Lipinski definition) is 2. The first kappa shape index (κ1) is 24.7. The van der Waals surface area contributed by atoms with E-state index in [2.05, 4.69) is 49.3 Å². The summed E-state index contributed by atoms with van der Waals surface area (Å²) in [6.07, 6.45) is 2.32. The maximum atomic E-state index is 5.58. The third kappa shape index (κ3) is 5.91. The molecule has 0 aliphatic carbocycles. The van der Waals surface area contributed by atoms with Crippen LogP contribution >= 0.6 is 35.7 Å². The predicted molar refractivity (Wildman–Crippen MR) is 141 cm³/mol. The molecule has 9 heteroatoms. The normalized spacial score (nSPS) is 27.1. The van der Waals surface area contributed by atoms with Gasteiger partial charge in [0.1, 0.15) is 5.75 Å². The van der Waals surface area contributed by atoms with Crippen LogP contribution in [-0.4, -0.2) is 94.0 Å². The Balaban J connectivity index is 0.00000272. The van der Waals surface area contributed by atoms with Gasteiger partial charge in [-0.1, -0.05) is 12.1 Å². The molecule has 3 saturated heterocycles. The minimum atomic E-state index is 0. The van der Waals surface area contributed by atoms with E-state index in [4.69, 9.17) is 9.47 Å². The minimum absolute atomic E-state index is 0. The standard InChI is InChI=1S/C22H35N5O2S.HI/c1-23-21(24-16-22(8-14-30-17-22)27-10-12-29-13-11-27)25-18-7-9-26(15-18)19-5-3-4-6-20(19)28-2;/h3-6,18H,7-17H2,1-2H3,(H2,23,24,25);1H. The van der Waals surface area contributed by atoms with Gasteiger partial charge in [-0.2, -0.15) is 11.8 Å². The summed E-state index contributed by atoms with van der Waals surface area (Å²) in [5.41, 5.74) is 1.38. The van der Waals surface area contributed by atoms with Crippen molar-refractivity contribution in [2.75, 3.05) is 76.5 Å². The number of methoxy groups -OCH3 is 1. The molecule has 0 bridgehead atoms. The summed E-state index contributed by atoms with van der Waals surface area (Å²) < 4.78 is 11.1. The van der Waals surface area contributed by atoms with Crippen molar-refractivity contribution < 1.29 is 9.47 Å². The van der Waals surface area contributed by atoms with Gasteiger partial charge in [-0.15, -0.1) is 24.0 Å². The third-order valence-electron chi connectivity index (χ3n) is 6.53. The van der Waals surface area contributed by atoms with Gasteiger partial charge in [0.05, 0.1) is 26.0 Å². The van der Waals surface area contributed by atoms with Gasteiger partial charge in [-0.3, -0.25) is 9.89 Å². The molecule has 0 radical (unpaired) electrons. The highest BCUT2D eigenvalue weighted by Crippen LogP contribution is 2.34. The van der Waals surface area contributed by atoms with Crippen LogP contribution in [-0.2, 0) is 4.74 Å². The highest BCUT2D eigenvalue weighted by molar-refractivity contribution is 14.0. The number of aliphatic imine (C=N–C) groups is 1. The van der Waals surface area contributed by atoms with Gasteiger partial charge in [-0.05, 0) is 30.7 Å². The van der Waals surface area contributed by atoms with Crippen LogP contribution in [0.5, 0.6) is 5.75 Å². The van der Waals surface area contributed by atoms with Crippen molar-refractivity contribution in [3.8, 4) is 5.75 Å². The SMILES string of the molecule is CN=C(NCC1(N2CCOCC2)CCSC1)NC1CCN(c2ccccc2OC)C1.I. The zero-order valence-corrected chi connectivity index (χ0v) is 21.8. The van der Waals surface area contributed by atoms with E-state index in [0.717, 1.165) is 64.1 Å². The topological polar surface area (TPSA) is 61.4 Å². The lowest BCUT2D eigenvalue weighted by Gasteiger charge is -2.43. The molecule has 0 amide bonds. The second-order valence-corrected chi connectivity index (χ2v) is 9.41. The third-order valence-corrected chi connectivity index (χ3v) is 7.76. The lowest BCUT2D eigenvalue weighted by molar-refractivity contribution is -0.0120. The highest BCUT2D eigenvalue weighted by Gasteiger charge is 2.40. The van der Waals surface area contributed by atoms with Crippen molar-refractivity contribution in [3.05, 3.63) is 24.3 Å². The van der Waals surface area contributed by atoms with E-state index in [-0.39, 0.29) is 29.5 Å². The van der Waals surface area contributed by atoms with Crippen LogP contribution in [0.2, 0.25) is 0 Å². The summed E-state index contributed by atoms with van der Waals surface area (Å²) in [5, 5.41) is 7.31. The maximum Gasteiger partial charge on any atom is 0.191 e. The lowest BCUT2D eigenvalue weighted by Crippen LogP contribution is -2.60. The molecule has 3 heterocycles. The van der Waals surface area contributed by atoms with Crippen LogP contribution in [0.4, 0.5) is 5.69 Å². The van der Waals surface area contributed by atoms with E-state index in [9.17, 15) is 0 Å². The smallest absolute Gasteiger partial charge is 0.191 e. The summed E-state index contributed by atoms with van der Waals surface area (Å²) in [4.78, 5) is 9.55. The molecule has 174 valence electrons. The van der Waals surface area contributed by atoms with Gasteiger partial charge in [0.15, 0.2) is 5.96 Å². The molecule has 2 unspecified atom stereocenters. The average Bonchev–Trinajstić information content (AvgIpc) is 3.47. The number of guanidine groups is 1. The van der Waals surface area contributed by atoms with Crippen molar-refractivity contribution >= 4 is 47.4 Å². The Morgan fingerprint density at radius 2 is 2.10 bits per heavy atom. The zero-order chi connectivity index (χ0) is 20.8. The number of hydrogen-bond acceptors (Lipinski definition) is 6. The number of ether oxygens (including phenoxy) is 2. The van der Waals surface area contributed by atoms with Crippen molar-refractivity contribution in [3.63, 3.8) is 0 Å². The van der Waals surface area contributed by atoms with Gasteiger partial charge < -0.3 is 25.0 Å². The lowest BCUT2D eigenvalue weighted by atomic mass is 9.95. The van der Waals surface area contributed by atoms with Gasteiger partial charge >= 0.3 is 0 Å². The number of rotatable bonds is 6. The molecule has 1 aromatic carbocycles. The molecule has 1 aromatic rings. The Bertz CT molecular complexity index is 726. The molecule has 0 saturated carbocycles. The van der Waals surface area contributed by atoms with Crippen molar-refractivity contribution in [1.82, 2.24) is 15.5 Å². The first-order valence-corrected chi connectivity index (χ1v) is 12.2. The number of benzene rings is 1. The molecule has 2 N–H and O–H groups in total. The molecule has 31 heavy (non-hydrogen) atoms. The number of nitrogens with one attached hydrogen (secondary N) is 2. The summed E-state index contributed by atoms with van der Waals surface area (Å²) in [7, 11) is 3.61. The van der Waals surface area contributed by atoms with Crippen LogP contribution in [0.25, 0.3) is 0 Å². The molecular formula is C22H36IN5O2S. The number of nitrogens with zero attached hydrogens (tertiary/aromatic N) is 3. The van der Waals surface area contributed by atoms with Crippen molar-refractivity contribution in [1.29, 1.82) is 0 Å². The molecule has 4 rings (SSSR count). The fraction of sp³-hybridized carbons (Fsp3) is 0.682. The Kier molecular flexibility index (Phi) is 9.42. The van der Waals surface area contributed by atoms with E-state index in [0.29, 0.717) is 6.04 Å². The van der Waals surface area contributed by atoms with Gasteiger partial charge in [0, 0.05) is 57.1 Å². The number of anilines is 1. The summed E-state index contributed by atoms with van der Waals surface area (Å²) in [6.45, 7) is 6.66. The molecule has 2 atom stereocenters. The van der Waals surface area contributed by atoms with E-state index in [1.165, 1.54) is 23.6 Å². The quantitative estimate of drug-likeness (QED) is 0.314. The number of thioether (sulfide) groups is 1. The second kappa shape index (κ2) is 11.8. The predicted octanol–water partition coefficient (Wildman–Crippen LogP) is 2.26. The largest absolute Gasteiger partial charge is 0.495 e. The van der Waals surface area contributed by atoms with Crippen molar-refractivity contribution in [2.24, 2.45) is 4.99 Å². The second-order valence-electron chi connectivity index (χ2n) is 8.30. The summed E-state index contributed by atoms with van der Waals surface area (Å²) in [6, 6.07) is 8.63. The van der Waals surface area contributed by atoms with Crippen LogP contribution in [0.3, 0.4) is 0 Å². The highest BCUT2D eigenvalue weighted by atomic mass is 127. The van der Waals surface area contributed by atoms with Gasteiger partial charge in [0.2, 0.25) is 0 Å². The molecule has 3 fully saturated rings. The van der Waals surface area contributed by atoms with Crippen LogP contribution in [0.1, 0.15) is 12.8 Å². The van der Waals surface area contributed by atoms with E-state index >= 15 is 0 Å². The molecule has 0 aromatic heterocycles. The molecule has 0 spiro atoms. The first-order valence-electron chi connectivity index (χ1n) is 11.0. The number of morpholine rings is 1. The minimum Gasteiger partial charge on any atom is -0.495 e. The van der Waals surface area contributed by atoms with Crippen LogP contribution < -0.4 is 20.3 Å². The first-order chi connectivity index (χ1) is 14.7. The van der Waals surface area contributed by atoms with Crippen LogP contribution in [0.15, 0.2) is 29.3 Å². The van der Waals surface area contributed by atoms with E-state index < -0.39 is 0 Å².